The van der Waals surface area contributed by atoms with E-state index in [4.69, 9.17) is 4.98 Å². The molecule has 29 heavy (non-hydrogen) atoms. The number of nitrogens with one attached hydrogen (secondary N) is 1. The molecule has 4 heterocycles. The molecule has 1 N–H and O–H groups in total. The summed E-state index contributed by atoms with van der Waals surface area (Å²) in [6.07, 6.45) is 10.2. The van der Waals surface area contributed by atoms with E-state index >= 15 is 0 Å². The Labute approximate surface area is 170 Å². The van der Waals surface area contributed by atoms with Crippen LogP contribution in [0.25, 0.3) is 0 Å². The Morgan fingerprint density at radius 3 is 2.90 bits per heavy atom. The lowest BCUT2D eigenvalue weighted by Crippen LogP contribution is -2.42. The standard InChI is InChI=1S/C21H26N6O2/c28-20-9-2-1-3-12-26(20)15-21(29)27-13-5-7-17(27)16-6-4-8-18(24-16)25-19-14-22-10-11-23-19/h4,6,8,10-11,14,17H,1-3,5,7,9,12-13,15H2,(H,23,24,25). The van der Waals surface area contributed by atoms with Gasteiger partial charge in [-0.15, -0.1) is 0 Å². The van der Waals surface area contributed by atoms with Gasteiger partial charge in [0.15, 0.2) is 0 Å². The number of nitrogens with zero attached hydrogens (tertiary/aromatic N) is 5. The van der Waals surface area contributed by atoms with Crippen molar-refractivity contribution in [1.29, 1.82) is 0 Å². The molecule has 152 valence electrons. The summed E-state index contributed by atoms with van der Waals surface area (Å²) in [7, 11) is 0. The smallest absolute Gasteiger partial charge is 0.242 e. The van der Waals surface area contributed by atoms with E-state index in [2.05, 4.69) is 15.3 Å². The lowest BCUT2D eigenvalue weighted by atomic mass is 10.1. The molecule has 0 bridgehead atoms. The fourth-order valence-corrected chi connectivity index (χ4v) is 4.03. The van der Waals surface area contributed by atoms with Gasteiger partial charge in [-0.1, -0.05) is 12.5 Å². The Morgan fingerprint density at radius 1 is 1.10 bits per heavy atom. The first-order valence-electron chi connectivity index (χ1n) is 10.3. The molecule has 2 aromatic heterocycles. The van der Waals surface area contributed by atoms with Crippen molar-refractivity contribution in [3.05, 3.63) is 42.5 Å². The first-order valence-corrected chi connectivity index (χ1v) is 10.3. The Kier molecular flexibility index (Phi) is 5.97. The molecular weight excluding hydrogens is 368 g/mol. The van der Waals surface area contributed by atoms with E-state index in [1.54, 1.807) is 23.5 Å². The molecule has 1 unspecified atom stereocenters. The van der Waals surface area contributed by atoms with Crippen molar-refractivity contribution in [2.24, 2.45) is 0 Å². The van der Waals surface area contributed by atoms with E-state index in [1.807, 2.05) is 23.1 Å². The first-order chi connectivity index (χ1) is 14.2. The maximum absolute atomic E-state index is 13.0. The predicted molar refractivity (Wildman–Crippen MR) is 108 cm³/mol. The van der Waals surface area contributed by atoms with Crippen LogP contribution >= 0.6 is 0 Å². The largest absolute Gasteiger partial charge is 0.333 e. The molecule has 0 aliphatic carbocycles. The SMILES string of the molecule is O=C1CCCCCN1CC(=O)N1CCCC1c1cccc(Nc2cnccn2)n1. The number of hydrogen-bond donors (Lipinski definition) is 1. The molecule has 4 rings (SSSR count). The Bertz CT molecular complexity index is 859. The van der Waals surface area contributed by atoms with Gasteiger partial charge in [0, 0.05) is 31.9 Å². The molecule has 2 aliphatic heterocycles. The lowest BCUT2D eigenvalue weighted by molar-refractivity contribution is -0.140. The molecule has 2 aromatic rings. The maximum atomic E-state index is 13.0. The third-order valence-electron chi connectivity index (χ3n) is 5.50. The van der Waals surface area contributed by atoms with Gasteiger partial charge in [0.25, 0.3) is 0 Å². The van der Waals surface area contributed by atoms with Crippen molar-refractivity contribution in [3.8, 4) is 0 Å². The second-order valence-electron chi connectivity index (χ2n) is 7.53. The Morgan fingerprint density at radius 2 is 2.03 bits per heavy atom. The summed E-state index contributed by atoms with van der Waals surface area (Å²) in [5, 5.41) is 3.15. The molecule has 8 nitrogen and oxygen atoms in total. The van der Waals surface area contributed by atoms with E-state index < -0.39 is 0 Å². The summed E-state index contributed by atoms with van der Waals surface area (Å²) in [5.41, 5.74) is 0.854. The van der Waals surface area contributed by atoms with Crippen molar-refractivity contribution in [1.82, 2.24) is 24.8 Å². The molecular formula is C21H26N6O2. The number of rotatable bonds is 5. The van der Waals surface area contributed by atoms with Crippen molar-refractivity contribution < 1.29 is 9.59 Å². The molecule has 0 saturated carbocycles. The zero-order valence-corrected chi connectivity index (χ0v) is 16.5. The van der Waals surface area contributed by atoms with E-state index in [9.17, 15) is 9.59 Å². The summed E-state index contributed by atoms with van der Waals surface area (Å²) in [6, 6.07) is 5.69. The summed E-state index contributed by atoms with van der Waals surface area (Å²) >= 11 is 0. The van der Waals surface area contributed by atoms with Crippen LogP contribution in [-0.4, -0.2) is 56.2 Å². The first kappa shape index (κ1) is 19.3. The van der Waals surface area contributed by atoms with E-state index in [1.165, 1.54) is 0 Å². The second kappa shape index (κ2) is 8.98. The highest BCUT2D eigenvalue weighted by Gasteiger charge is 2.32. The highest BCUT2D eigenvalue weighted by molar-refractivity contribution is 5.85. The molecule has 1 atom stereocenters. The van der Waals surface area contributed by atoms with Crippen LogP contribution in [0, 0.1) is 0 Å². The summed E-state index contributed by atoms with van der Waals surface area (Å²) in [6.45, 7) is 1.56. The number of hydrogen-bond acceptors (Lipinski definition) is 6. The molecule has 0 aromatic carbocycles. The van der Waals surface area contributed by atoms with Crippen molar-refractivity contribution in [2.45, 2.75) is 44.6 Å². The second-order valence-corrected chi connectivity index (χ2v) is 7.53. The fourth-order valence-electron chi connectivity index (χ4n) is 4.03. The molecule has 2 fully saturated rings. The fraction of sp³-hybridized carbons (Fsp3) is 0.476. The van der Waals surface area contributed by atoms with Gasteiger partial charge in [-0.05, 0) is 37.8 Å². The average Bonchev–Trinajstić information content (AvgIpc) is 3.15. The molecule has 0 radical (unpaired) electrons. The normalized spacial score (nSPS) is 19.9. The number of amides is 2. The summed E-state index contributed by atoms with van der Waals surface area (Å²) < 4.78 is 0. The summed E-state index contributed by atoms with van der Waals surface area (Å²) in [4.78, 5) is 41.8. The van der Waals surface area contributed by atoms with E-state index in [0.717, 1.165) is 37.8 Å². The van der Waals surface area contributed by atoms with Crippen LogP contribution in [0.5, 0.6) is 0 Å². The van der Waals surface area contributed by atoms with Crippen LogP contribution in [-0.2, 0) is 9.59 Å². The molecule has 2 saturated heterocycles. The van der Waals surface area contributed by atoms with Crippen LogP contribution in [0.4, 0.5) is 11.6 Å². The zero-order valence-electron chi connectivity index (χ0n) is 16.5. The van der Waals surface area contributed by atoms with Gasteiger partial charge >= 0.3 is 0 Å². The molecule has 2 amide bonds. The number of carbonyl (C=O) groups excluding carboxylic acids is 2. The van der Waals surface area contributed by atoms with Gasteiger partial charge in [-0.3, -0.25) is 14.6 Å². The molecule has 8 heteroatoms. The monoisotopic (exact) mass is 394 g/mol. The Balaban J connectivity index is 1.45. The number of carbonyl (C=O) groups is 2. The van der Waals surface area contributed by atoms with Crippen molar-refractivity contribution in [3.63, 3.8) is 0 Å². The maximum Gasteiger partial charge on any atom is 0.242 e. The third kappa shape index (κ3) is 4.70. The zero-order chi connectivity index (χ0) is 20.1. The highest BCUT2D eigenvalue weighted by Crippen LogP contribution is 2.32. The molecule has 2 aliphatic rings. The number of likely N-dealkylation sites (tertiary alicyclic amines) is 2. The van der Waals surface area contributed by atoms with Gasteiger partial charge in [0.05, 0.1) is 24.5 Å². The molecule has 0 spiro atoms. The Hall–Kier alpha value is -3.03. The number of pyridine rings is 1. The van der Waals surface area contributed by atoms with Crippen LogP contribution in [0.1, 0.15) is 50.3 Å². The summed E-state index contributed by atoms with van der Waals surface area (Å²) in [5.74, 6) is 1.40. The van der Waals surface area contributed by atoms with Gasteiger partial charge in [0.2, 0.25) is 11.8 Å². The minimum Gasteiger partial charge on any atom is -0.333 e. The number of anilines is 2. The van der Waals surface area contributed by atoms with Crippen LogP contribution in [0.3, 0.4) is 0 Å². The van der Waals surface area contributed by atoms with Crippen molar-refractivity contribution in [2.75, 3.05) is 25.0 Å². The third-order valence-corrected chi connectivity index (χ3v) is 5.50. The van der Waals surface area contributed by atoms with Crippen LogP contribution in [0.2, 0.25) is 0 Å². The topological polar surface area (TPSA) is 91.3 Å². The lowest BCUT2D eigenvalue weighted by Gasteiger charge is -2.28. The quantitative estimate of drug-likeness (QED) is 0.838. The van der Waals surface area contributed by atoms with Gasteiger partial charge in [0.1, 0.15) is 11.6 Å². The van der Waals surface area contributed by atoms with E-state index in [0.29, 0.717) is 31.1 Å². The minimum atomic E-state index is -0.0619. The highest BCUT2D eigenvalue weighted by atomic mass is 16.2. The van der Waals surface area contributed by atoms with Gasteiger partial charge < -0.3 is 15.1 Å². The van der Waals surface area contributed by atoms with Crippen LogP contribution < -0.4 is 5.32 Å². The van der Waals surface area contributed by atoms with Crippen LogP contribution in [0.15, 0.2) is 36.8 Å². The average molecular weight is 394 g/mol. The van der Waals surface area contributed by atoms with E-state index in [-0.39, 0.29) is 24.4 Å². The van der Waals surface area contributed by atoms with Crippen molar-refractivity contribution >= 4 is 23.5 Å². The minimum absolute atomic E-state index is 0.0110. The van der Waals surface area contributed by atoms with Gasteiger partial charge in [-0.2, -0.15) is 0 Å². The predicted octanol–water partition coefficient (Wildman–Crippen LogP) is 2.68. The van der Waals surface area contributed by atoms with Gasteiger partial charge in [-0.25, -0.2) is 9.97 Å². The number of aromatic nitrogens is 3.